The maximum absolute atomic E-state index is 12.7. The first-order valence-corrected chi connectivity index (χ1v) is 7.74. The molecule has 4 rings (SSSR count). The van der Waals surface area contributed by atoms with E-state index in [0.29, 0.717) is 16.8 Å². The number of Topliss-reactive ketones (excluding diaryl/α,β-unsaturated/α-hetero) is 1. The molecule has 0 unspecified atom stereocenters. The van der Waals surface area contributed by atoms with Crippen molar-refractivity contribution in [2.24, 2.45) is 0 Å². The zero-order valence-electron chi connectivity index (χ0n) is 12.8. The molecule has 0 bridgehead atoms. The quantitative estimate of drug-likeness (QED) is 0.714. The van der Waals surface area contributed by atoms with Gasteiger partial charge in [0.2, 0.25) is 11.4 Å². The van der Waals surface area contributed by atoms with Gasteiger partial charge in [0.25, 0.3) is 5.91 Å². The van der Waals surface area contributed by atoms with Gasteiger partial charge in [-0.05, 0) is 17.0 Å². The molecule has 0 aliphatic heterocycles. The van der Waals surface area contributed by atoms with Gasteiger partial charge >= 0.3 is 0 Å². The molecule has 1 aliphatic rings. The summed E-state index contributed by atoms with van der Waals surface area (Å²) in [5.41, 5.74) is -0.373. The molecule has 0 saturated heterocycles. The van der Waals surface area contributed by atoms with Gasteiger partial charge in [0, 0.05) is 23.1 Å². The summed E-state index contributed by atoms with van der Waals surface area (Å²) in [7, 11) is 0. The molecule has 0 radical (unpaired) electrons. The van der Waals surface area contributed by atoms with Crippen LogP contribution in [0.5, 0.6) is 0 Å². The van der Waals surface area contributed by atoms with Crippen molar-refractivity contribution < 1.29 is 14.7 Å². The minimum Gasteiger partial charge on any atom is -0.373 e. The number of amides is 1. The summed E-state index contributed by atoms with van der Waals surface area (Å²) < 4.78 is 0. The summed E-state index contributed by atoms with van der Waals surface area (Å²) >= 11 is 0. The van der Waals surface area contributed by atoms with E-state index in [1.165, 1.54) is 0 Å². The van der Waals surface area contributed by atoms with Gasteiger partial charge in [-0.25, -0.2) is 0 Å². The molecule has 3 aromatic carbocycles. The van der Waals surface area contributed by atoms with Crippen LogP contribution in [0.3, 0.4) is 0 Å². The van der Waals surface area contributed by atoms with Crippen LogP contribution in [0.2, 0.25) is 0 Å². The van der Waals surface area contributed by atoms with Gasteiger partial charge in [0.05, 0.1) is 0 Å². The van der Waals surface area contributed by atoms with Gasteiger partial charge < -0.3 is 10.4 Å². The molecule has 4 heteroatoms. The van der Waals surface area contributed by atoms with Crippen molar-refractivity contribution in [1.29, 1.82) is 0 Å². The molecular weight excluding hydrogens is 302 g/mol. The Kier molecular flexibility index (Phi) is 3.22. The first-order valence-electron chi connectivity index (χ1n) is 7.74. The van der Waals surface area contributed by atoms with Crippen LogP contribution in [0, 0.1) is 0 Å². The zero-order valence-corrected chi connectivity index (χ0v) is 12.8. The normalized spacial score (nSPS) is 19.3. The van der Waals surface area contributed by atoms with E-state index in [2.05, 4.69) is 5.32 Å². The third-order valence-electron chi connectivity index (χ3n) is 4.50. The fourth-order valence-electron chi connectivity index (χ4n) is 3.22. The fourth-order valence-corrected chi connectivity index (χ4v) is 3.22. The van der Waals surface area contributed by atoms with E-state index >= 15 is 0 Å². The number of aliphatic hydroxyl groups is 1. The first-order chi connectivity index (χ1) is 11.6. The fraction of sp³-hybridized carbons (Fsp3) is 0.100. The van der Waals surface area contributed by atoms with E-state index in [1.807, 2.05) is 36.4 Å². The lowest BCUT2D eigenvalue weighted by atomic mass is 9.97. The molecular formula is C20H15NO3. The van der Waals surface area contributed by atoms with Crippen LogP contribution in [-0.4, -0.2) is 22.4 Å². The molecule has 2 N–H and O–H groups in total. The third kappa shape index (κ3) is 2.12. The summed E-state index contributed by atoms with van der Waals surface area (Å²) in [4.78, 5) is 25.2. The van der Waals surface area contributed by atoms with Crippen molar-refractivity contribution >= 4 is 28.2 Å². The van der Waals surface area contributed by atoms with Crippen molar-refractivity contribution in [3.63, 3.8) is 0 Å². The molecule has 0 aromatic heterocycles. The number of fused-ring (bicyclic) bond motifs is 2. The topological polar surface area (TPSA) is 66.4 Å². The number of rotatable bonds is 2. The van der Waals surface area contributed by atoms with Crippen molar-refractivity contribution in [3.05, 3.63) is 77.9 Å². The van der Waals surface area contributed by atoms with Crippen LogP contribution >= 0.6 is 0 Å². The Labute approximate surface area is 138 Å². The second-order valence-corrected chi connectivity index (χ2v) is 6.00. The van der Waals surface area contributed by atoms with Gasteiger partial charge in [0.15, 0.2) is 0 Å². The second kappa shape index (κ2) is 5.28. The van der Waals surface area contributed by atoms with Gasteiger partial charge in [-0.3, -0.25) is 9.59 Å². The molecule has 4 nitrogen and oxygen atoms in total. The van der Waals surface area contributed by atoms with Gasteiger partial charge in [-0.15, -0.1) is 0 Å². The summed E-state index contributed by atoms with van der Waals surface area (Å²) in [6.45, 7) is 0. The van der Waals surface area contributed by atoms with Crippen molar-refractivity contribution in [2.75, 3.05) is 5.32 Å². The number of carbonyl (C=O) groups excluding carboxylic acids is 2. The van der Waals surface area contributed by atoms with Crippen LogP contribution < -0.4 is 5.32 Å². The number of carbonyl (C=O) groups is 2. The number of ketones is 1. The minimum atomic E-state index is -2.05. The lowest BCUT2D eigenvalue weighted by Crippen LogP contribution is -2.48. The molecule has 1 amide bonds. The number of anilines is 1. The maximum Gasteiger partial charge on any atom is 0.264 e. The molecule has 0 saturated carbocycles. The van der Waals surface area contributed by atoms with E-state index in [4.69, 9.17) is 0 Å². The highest BCUT2D eigenvalue weighted by molar-refractivity contribution is 6.23. The summed E-state index contributed by atoms with van der Waals surface area (Å²) in [6.07, 6.45) is -0.00138. The molecule has 0 spiro atoms. The first kappa shape index (κ1) is 14.6. The third-order valence-corrected chi connectivity index (χ3v) is 4.50. The highest BCUT2D eigenvalue weighted by Gasteiger charge is 2.50. The molecule has 24 heavy (non-hydrogen) atoms. The molecule has 1 atom stereocenters. The zero-order chi connectivity index (χ0) is 16.7. The van der Waals surface area contributed by atoms with Crippen molar-refractivity contribution in [3.8, 4) is 0 Å². The number of hydrogen-bond donors (Lipinski definition) is 2. The van der Waals surface area contributed by atoms with Crippen LogP contribution in [0.1, 0.15) is 15.9 Å². The summed E-state index contributed by atoms with van der Waals surface area (Å²) in [6, 6.07) is 20.1. The Hall–Kier alpha value is -2.98. The molecule has 1 aliphatic carbocycles. The highest BCUT2D eigenvalue weighted by atomic mass is 16.3. The van der Waals surface area contributed by atoms with Crippen LogP contribution in [-0.2, 0) is 11.2 Å². The molecule has 0 fully saturated rings. The van der Waals surface area contributed by atoms with Gasteiger partial charge in [0.1, 0.15) is 0 Å². The van der Waals surface area contributed by atoms with Crippen molar-refractivity contribution in [2.45, 2.75) is 12.0 Å². The SMILES string of the molecule is O=C(Nc1cccc2ccccc12)[C@]1(O)Cc2ccccc2C1=O. The maximum atomic E-state index is 12.7. The van der Waals surface area contributed by atoms with E-state index in [9.17, 15) is 14.7 Å². The standard InChI is InChI=1S/C20H15NO3/c22-18-16-10-4-2-7-14(16)12-20(18,24)19(23)21-17-11-5-8-13-6-1-3-9-15(13)17/h1-11,24H,12H2,(H,21,23)/t20-/m0/s1. The Bertz CT molecular complexity index is 974. The average molecular weight is 317 g/mol. The van der Waals surface area contributed by atoms with Gasteiger partial charge in [-0.2, -0.15) is 0 Å². The monoisotopic (exact) mass is 317 g/mol. The van der Waals surface area contributed by atoms with E-state index in [0.717, 1.165) is 10.8 Å². The summed E-state index contributed by atoms with van der Waals surface area (Å²) in [5, 5.41) is 15.3. The van der Waals surface area contributed by atoms with Crippen molar-refractivity contribution in [1.82, 2.24) is 0 Å². The predicted octanol–water partition coefficient (Wildman–Crippen LogP) is 2.95. The Morgan fingerprint density at radius 3 is 2.50 bits per heavy atom. The minimum absolute atomic E-state index is 0.00138. The molecule has 0 heterocycles. The lowest BCUT2D eigenvalue weighted by molar-refractivity contribution is -0.129. The van der Waals surface area contributed by atoms with E-state index in [1.54, 1.807) is 30.3 Å². The number of hydrogen-bond acceptors (Lipinski definition) is 3. The highest BCUT2D eigenvalue weighted by Crippen LogP contribution is 2.32. The summed E-state index contributed by atoms with van der Waals surface area (Å²) in [5.74, 6) is -1.24. The second-order valence-electron chi connectivity index (χ2n) is 6.00. The number of nitrogens with one attached hydrogen (secondary N) is 1. The van der Waals surface area contributed by atoms with Gasteiger partial charge in [-0.1, -0.05) is 60.7 Å². The Morgan fingerprint density at radius 2 is 1.67 bits per heavy atom. The smallest absolute Gasteiger partial charge is 0.264 e. The average Bonchev–Trinajstić information content (AvgIpc) is 2.88. The number of benzene rings is 3. The molecule has 118 valence electrons. The molecule has 3 aromatic rings. The predicted molar refractivity (Wildman–Crippen MR) is 92.0 cm³/mol. The van der Waals surface area contributed by atoms with E-state index in [-0.39, 0.29) is 6.42 Å². The van der Waals surface area contributed by atoms with Crippen LogP contribution in [0.25, 0.3) is 10.8 Å². The Balaban J connectivity index is 1.69. The lowest BCUT2D eigenvalue weighted by Gasteiger charge is -2.20. The van der Waals surface area contributed by atoms with E-state index < -0.39 is 17.3 Å². The largest absolute Gasteiger partial charge is 0.373 e. The van der Waals surface area contributed by atoms with Crippen LogP contribution in [0.4, 0.5) is 5.69 Å². The Morgan fingerprint density at radius 1 is 0.958 bits per heavy atom. The van der Waals surface area contributed by atoms with Crippen LogP contribution in [0.15, 0.2) is 66.7 Å².